The summed E-state index contributed by atoms with van der Waals surface area (Å²) in [5, 5.41) is 3.39. The normalized spacial score (nSPS) is 15.8. The van der Waals surface area contributed by atoms with Crippen molar-refractivity contribution < 1.29 is 14.3 Å². The van der Waals surface area contributed by atoms with E-state index >= 15 is 0 Å². The molecule has 2 rings (SSSR count). The quantitative estimate of drug-likeness (QED) is 0.818. The Kier molecular flexibility index (Phi) is 4.45. The third kappa shape index (κ3) is 3.40. The average molecular weight is 277 g/mol. The molecule has 1 aromatic carbocycles. The number of hydrogen-bond acceptors (Lipinski definition) is 4. The SMILES string of the molecule is COC(=O)c1ccc(NC2CCN(C(N)=O)CC2)cc1. The molecule has 1 aromatic rings. The Morgan fingerprint density at radius 2 is 1.85 bits per heavy atom. The van der Waals surface area contributed by atoms with Crippen LogP contribution in [-0.4, -0.2) is 43.1 Å². The van der Waals surface area contributed by atoms with Crippen LogP contribution >= 0.6 is 0 Å². The molecular weight excluding hydrogens is 258 g/mol. The Bertz CT molecular complexity index is 479. The zero-order valence-corrected chi connectivity index (χ0v) is 11.5. The summed E-state index contributed by atoms with van der Waals surface area (Å²) in [6.07, 6.45) is 1.73. The number of esters is 1. The van der Waals surface area contributed by atoms with Gasteiger partial charge in [0.25, 0.3) is 0 Å². The van der Waals surface area contributed by atoms with Crippen LogP contribution in [0.15, 0.2) is 24.3 Å². The molecule has 1 heterocycles. The monoisotopic (exact) mass is 277 g/mol. The van der Waals surface area contributed by atoms with Gasteiger partial charge in [-0.3, -0.25) is 0 Å². The van der Waals surface area contributed by atoms with Crippen molar-refractivity contribution in [3.63, 3.8) is 0 Å². The highest BCUT2D eigenvalue weighted by Crippen LogP contribution is 2.17. The van der Waals surface area contributed by atoms with E-state index in [0.29, 0.717) is 24.7 Å². The fourth-order valence-electron chi connectivity index (χ4n) is 2.30. The summed E-state index contributed by atoms with van der Waals surface area (Å²) in [5.74, 6) is -0.341. The third-order valence-corrected chi connectivity index (χ3v) is 3.48. The summed E-state index contributed by atoms with van der Waals surface area (Å²) < 4.78 is 4.65. The number of primary amides is 1. The van der Waals surface area contributed by atoms with Crippen molar-refractivity contribution >= 4 is 17.7 Å². The zero-order valence-electron chi connectivity index (χ0n) is 11.5. The number of carbonyl (C=O) groups excluding carboxylic acids is 2. The number of nitrogens with zero attached hydrogens (tertiary/aromatic N) is 1. The number of nitrogens with two attached hydrogens (primary N) is 1. The number of benzene rings is 1. The lowest BCUT2D eigenvalue weighted by Crippen LogP contribution is -2.44. The summed E-state index contributed by atoms with van der Waals surface area (Å²) in [6, 6.07) is 7.12. The van der Waals surface area contributed by atoms with E-state index in [1.807, 2.05) is 12.1 Å². The molecule has 3 N–H and O–H groups in total. The largest absolute Gasteiger partial charge is 0.465 e. The molecule has 1 fully saturated rings. The van der Waals surface area contributed by atoms with Crippen molar-refractivity contribution in [2.75, 3.05) is 25.5 Å². The summed E-state index contributed by atoms with van der Waals surface area (Å²) in [5.41, 5.74) is 6.73. The zero-order chi connectivity index (χ0) is 14.5. The number of amides is 2. The molecule has 0 saturated carbocycles. The van der Waals surface area contributed by atoms with Gasteiger partial charge in [-0.15, -0.1) is 0 Å². The fourth-order valence-corrected chi connectivity index (χ4v) is 2.30. The smallest absolute Gasteiger partial charge is 0.337 e. The number of rotatable bonds is 3. The number of anilines is 1. The van der Waals surface area contributed by atoms with Gasteiger partial charge in [0.05, 0.1) is 12.7 Å². The van der Waals surface area contributed by atoms with Gasteiger partial charge >= 0.3 is 12.0 Å². The first-order chi connectivity index (χ1) is 9.60. The molecule has 108 valence electrons. The van der Waals surface area contributed by atoms with Crippen LogP contribution in [0.1, 0.15) is 23.2 Å². The van der Waals surface area contributed by atoms with E-state index in [1.54, 1.807) is 17.0 Å². The highest BCUT2D eigenvalue weighted by Gasteiger charge is 2.20. The van der Waals surface area contributed by atoms with E-state index in [4.69, 9.17) is 5.73 Å². The van der Waals surface area contributed by atoms with Crippen molar-refractivity contribution in [1.82, 2.24) is 4.90 Å². The van der Waals surface area contributed by atoms with Gasteiger partial charge in [0.15, 0.2) is 0 Å². The van der Waals surface area contributed by atoms with E-state index in [0.717, 1.165) is 18.5 Å². The summed E-state index contributed by atoms with van der Waals surface area (Å²) in [4.78, 5) is 24.0. The van der Waals surface area contributed by atoms with Crippen LogP contribution in [0.4, 0.5) is 10.5 Å². The average Bonchev–Trinajstić information content (AvgIpc) is 2.48. The predicted octanol–water partition coefficient (Wildman–Crippen LogP) is 1.43. The molecule has 1 aliphatic rings. The van der Waals surface area contributed by atoms with Crippen molar-refractivity contribution in [3.05, 3.63) is 29.8 Å². The minimum atomic E-state index is -0.356. The van der Waals surface area contributed by atoms with Crippen molar-refractivity contribution in [2.45, 2.75) is 18.9 Å². The maximum atomic E-state index is 11.3. The Balaban J connectivity index is 1.88. The Labute approximate surface area is 117 Å². The maximum Gasteiger partial charge on any atom is 0.337 e. The minimum Gasteiger partial charge on any atom is -0.465 e. The van der Waals surface area contributed by atoms with E-state index in [1.165, 1.54) is 7.11 Å². The Hall–Kier alpha value is -2.24. The third-order valence-electron chi connectivity index (χ3n) is 3.48. The van der Waals surface area contributed by atoms with Gasteiger partial charge in [0.2, 0.25) is 0 Å². The van der Waals surface area contributed by atoms with Crippen molar-refractivity contribution in [2.24, 2.45) is 5.73 Å². The van der Waals surface area contributed by atoms with Crippen LogP contribution < -0.4 is 11.1 Å². The molecule has 6 heteroatoms. The summed E-state index contributed by atoms with van der Waals surface area (Å²) in [7, 11) is 1.36. The number of piperidine rings is 1. The molecule has 6 nitrogen and oxygen atoms in total. The fraction of sp³-hybridized carbons (Fsp3) is 0.429. The Morgan fingerprint density at radius 3 is 2.35 bits per heavy atom. The summed E-state index contributed by atoms with van der Waals surface area (Å²) >= 11 is 0. The molecular formula is C14H19N3O3. The Morgan fingerprint density at radius 1 is 1.25 bits per heavy atom. The van der Waals surface area contributed by atoms with E-state index in [-0.39, 0.29) is 12.0 Å². The van der Waals surface area contributed by atoms with Crippen LogP contribution in [-0.2, 0) is 4.74 Å². The number of carbonyl (C=O) groups is 2. The van der Waals surface area contributed by atoms with Crippen molar-refractivity contribution in [3.8, 4) is 0 Å². The van der Waals surface area contributed by atoms with Gasteiger partial charge in [-0.05, 0) is 37.1 Å². The molecule has 0 aromatic heterocycles. The van der Waals surface area contributed by atoms with Crippen LogP contribution in [0.3, 0.4) is 0 Å². The molecule has 0 radical (unpaired) electrons. The lowest BCUT2D eigenvalue weighted by Gasteiger charge is -2.31. The standard InChI is InChI=1S/C14H19N3O3/c1-20-13(18)10-2-4-11(5-3-10)16-12-6-8-17(9-7-12)14(15)19/h2-5,12,16H,6-9H2,1H3,(H2,15,19). The van der Waals surface area contributed by atoms with Crippen molar-refractivity contribution in [1.29, 1.82) is 0 Å². The second-order valence-electron chi connectivity index (χ2n) is 4.81. The number of hydrogen-bond donors (Lipinski definition) is 2. The highest BCUT2D eigenvalue weighted by molar-refractivity contribution is 5.89. The highest BCUT2D eigenvalue weighted by atomic mass is 16.5. The lowest BCUT2D eigenvalue weighted by molar-refractivity contribution is 0.0600. The maximum absolute atomic E-state index is 11.3. The molecule has 20 heavy (non-hydrogen) atoms. The summed E-state index contributed by atoms with van der Waals surface area (Å²) in [6.45, 7) is 1.35. The first kappa shape index (κ1) is 14.2. The van der Waals surface area contributed by atoms with Crippen LogP contribution in [0.2, 0.25) is 0 Å². The molecule has 0 atom stereocenters. The minimum absolute atomic E-state index is 0.314. The molecule has 0 aliphatic carbocycles. The predicted molar refractivity (Wildman–Crippen MR) is 75.6 cm³/mol. The molecule has 0 bridgehead atoms. The molecule has 0 spiro atoms. The van der Waals surface area contributed by atoms with Gasteiger partial charge in [0.1, 0.15) is 0 Å². The number of nitrogens with one attached hydrogen (secondary N) is 1. The number of ether oxygens (including phenoxy) is 1. The van der Waals surface area contributed by atoms with Gasteiger partial charge in [0, 0.05) is 24.8 Å². The van der Waals surface area contributed by atoms with Gasteiger partial charge in [-0.2, -0.15) is 0 Å². The topological polar surface area (TPSA) is 84.7 Å². The van der Waals surface area contributed by atoms with E-state index in [9.17, 15) is 9.59 Å². The molecule has 2 amide bonds. The van der Waals surface area contributed by atoms with Gasteiger partial charge in [-0.1, -0.05) is 0 Å². The number of likely N-dealkylation sites (tertiary alicyclic amines) is 1. The van der Waals surface area contributed by atoms with Crippen LogP contribution in [0, 0.1) is 0 Å². The molecule has 1 aliphatic heterocycles. The second-order valence-corrected chi connectivity index (χ2v) is 4.81. The number of urea groups is 1. The lowest BCUT2D eigenvalue weighted by atomic mass is 10.0. The first-order valence-electron chi connectivity index (χ1n) is 6.59. The second kappa shape index (κ2) is 6.27. The van der Waals surface area contributed by atoms with E-state index in [2.05, 4.69) is 10.1 Å². The van der Waals surface area contributed by atoms with Gasteiger partial charge in [-0.25, -0.2) is 9.59 Å². The van der Waals surface area contributed by atoms with Gasteiger partial charge < -0.3 is 20.7 Å². The molecule has 1 saturated heterocycles. The number of methoxy groups -OCH3 is 1. The first-order valence-corrected chi connectivity index (χ1v) is 6.59. The van der Waals surface area contributed by atoms with Crippen LogP contribution in [0.5, 0.6) is 0 Å². The molecule has 0 unspecified atom stereocenters. The van der Waals surface area contributed by atoms with E-state index < -0.39 is 0 Å². The van der Waals surface area contributed by atoms with Crippen LogP contribution in [0.25, 0.3) is 0 Å².